The van der Waals surface area contributed by atoms with Crippen molar-refractivity contribution in [3.05, 3.63) is 0 Å². The van der Waals surface area contributed by atoms with Crippen LogP contribution >= 0.6 is 0 Å². The van der Waals surface area contributed by atoms with E-state index in [1.165, 1.54) is 0 Å². The number of ether oxygens (including phenoxy) is 1. The zero-order chi connectivity index (χ0) is 9.84. The van der Waals surface area contributed by atoms with E-state index in [4.69, 9.17) is 4.74 Å². The Morgan fingerprint density at radius 2 is 2.15 bits per heavy atom. The molecule has 2 amide bonds. The van der Waals surface area contributed by atoms with E-state index in [2.05, 4.69) is 0 Å². The van der Waals surface area contributed by atoms with Crippen LogP contribution in [0.1, 0.15) is 20.8 Å². The van der Waals surface area contributed by atoms with E-state index in [1.807, 2.05) is 25.7 Å². The molecule has 4 heteroatoms. The fourth-order valence-corrected chi connectivity index (χ4v) is 1.56. The summed E-state index contributed by atoms with van der Waals surface area (Å²) in [6.45, 7) is 8.90. The van der Waals surface area contributed by atoms with Crippen LogP contribution in [-0.4, -0.2) is 48.3 Å². The van der Waals surface area contributed by atoms with Gasteiger partial charge in [-0.15, -0.1) is 0 Å². The molecule has 0 aliphatic carbocycles. The SMILES string of the molecule is CCOC(C)N1CCN(CC)C1=O. The number of amides is 2. The number of carbonyl (C=O) groups excluding carboxylic acids is 1. The molecule has 0 bridgehead atoms. The molecule has 1 fully saturated rings. The smallest absolute Gasteiger partial charge is 0.322 e. The van der Waals surface area contributed by atoms with E-state index in [9.17, 15) is 4.79 Å². The normalized spacial score (nSPS) is 19.8. The highest BCUT2D eigenvalue weighted by Crippen LogP contribution is 2.12. The molecule has 1 rings (SSSR count). The van der Waals surface area contributed by atoms with Gasteiger partial charge in [0.25, 0.3) is 0 Å². The molecule has 0 radical (unpaired) electrons. The number of rotatable bonds is 4. The van der Waals surface area contributed by atoms with Gasteiger partial charge in [0.05, 0.1) is 0 Å². The molecule has 0 aromatic carbocycles. The first-order valence-corrected chi connectivity index (χ1v) is 4.87. The quantitative estimate of drug-likeness (QED) is 0.659. The van der Waals surface area contributed by atoms with Crippen LogP contribution in [0, 0.1) is 0 Å². The summed E-state index contributed by atoms with van der Waals surface area (Å²) in [7, 11) is 0. The third-order valence-electron chi connectivity index (χ3n) is 2.36. The standard InChI is InChI=1S/C9H18N2O2/c1-4-10-6-7-11(9(10)12)8(3)13-5-2/h8H,4-7H2,1-3H3. The summed E-state index contributed by atoms with van der Waals surface area (Å²) in [5.41, 5.74) is 0. The van der Waals surface area contributed by atoms with Gasteiger partial charge in [0.1, 0.15) is 6.23 Å². The maximum atomic E-state index is 11.6. The maximum Gasteiger partial charge on any atom is 0.322 e. The first-order valence-electron chi connectivity index (χ1n) is 4.87. The molecule has 1 unspecified atom stereocenters. The van der Waals surface area contributed by atoms with Crippen molar-refractivity contribution in [2.24, 2.45) is 0 Å². The fourth-order valence-electron chi connectivity index (χ4n) is 1.56. The second-order valence-corrected chi connectivity index (χ2v) is 3.11. The molecule has 0 aromatic heterocycles. The lowest BCUT2D eigenvalue weighted by Gasteiger charge is -2.23. The Labute approximate surface area is 79.4 Å². The lowest BCUT2D eigenvalue weighted by molar-refractivity contribution is -0.0118. The van der Waals surface area contributed by atoms with Crippen molar-refractivity contribution in [1.82, 2.24) is 9.80 Å². The summed E-state index contributed by atoms with van der Waals surface area (Å²) >= 11 is 0. The first kappa shape index (κ1) is 10.3. The van der Waals surface area contributed by atoms with Crippen molar-refractivity contribution < 1.29 is 9.53 Å². The zero-order valence-corrected chi connectivity index (χ0v) is 8.62. The van der Waals surface area contributed by atoms with E-state index in [1.54, 1.807) is 4.90 Å². The van der Waals surface area contributed by atoms with Crippen molar-refractivity contribution in [1.29, 1.82) is 0 Å². The van der Waals surface area contributed by atoms with Gasteiger partial charge < -0.3 is 9.64 Å². The van der Waals surface area contributed by atoms with Crippen LogP contribution in [0.5, 0.6) is 0 Å². The highest BCUT2D eigenvalue weighted by Gasteiger charge is 2.30. The number of nitrogens with zero attached hydrogens (tertiary/aromatic N) is 2. The van der Waals surface area contributed by atoms with Gasteiger partial charge in [-0.3, -0.25) is 4.90 Å². The molecule has 1 aliphatic heterocycles. The van der Waals surface area contributed by atoms with Crippen molar-refractivity contribution >= 4 is 6.03 Å². The largest absolute Gasteiger partial charge is 0.359 e. The molecule has 4 nitrogen and oxygen atoms in total. The van der Waals surface area contributed by atoms with Gasteiger partial charge >= 0.3 is 6.03 Å². The zero-order valence-electron chi connectivity index (χ0n) is 8.62. The minimum Gasteiger partial charge on any atom is -0.359 e. The summed E-state index contributed by atoms with van der Waals surface area (Å²) in [6.07, 6.45) is -0.0888. The van der Waals surface area contributed by atoms with Gasteiger partial charge in [-0.05, 0) is 20.8 Å². The molecular weight excluding hydrogens is 168 g/mol. The van der Waals surface area contributed by atoms with Crippen LogP contribution in [0.15, 0.2) is 0 Å². The second-order valence-electron chi connectivity index (χ2n) is 3.11. The van der Waals surface area contributed by atoms with E-state index < -0.39 is 0 Å². The van der Waals surface area contributed by atoms with Gasteiger partial charge in [0, 0.05) is 26.2 Å². The van der Waals surface area contributed by atoms with Gasteiger partial charge in [-0.25, -0.2) is 4.79 Å². The van der Waals surface area contributed by atoms with E-state index >= 15 is 0 Å². The van der Waals surface area contributed by atoms with E-state index in [0.29, 0.717) is 6.61 Å². The van der Waals surface area contributed by atoms with E-state index in [-0.39, 0.29) is 12.3 Å². The average Bonchev–Trinajstić information content (AvgIpc) is 2.47. The van der Waals surface area contributed by atoms with E-state index in [0.717, 1.165) is 19.6 Å². The molecule has 0 saturated carbocycles. The Kier molecular flexibility index (Phi) is 3.54. The fraction of sp³-hybridized carbons (Fsp3) is 0.889. The Hall–Kier alpha value is -0.770. The number of hydrogen-bond donors (Lipinski definition) is 0. The Bertz CT molecular complexity index is 184. The molecule has 0 aromatic rings. The number of carbonyl (C=O) groups is 1. The van der Waals surface area contributed by atoms with Gasteiger partial charge in [-0.1, -0.05) is 0 Å². The van der Waals surface area contributed by atoms with Crippen LogP contribution in [-0.2, 0) is 4.74 Å². The maximum absolute atomic E-state index is 11.6. The predicted molar refractivity (Wildman–Crippen MR) is 50.4 cm³/mol. The van der Waals surface area contributed by atoms with Gasteiger partial charge in [0.15, 0.2) is 0 Å². The van der Waals surface area contributed by atoms with Crippen molar-refractivity contribution in [3.63, 3.8) is 0 Å². The third-order valence-corrected chi connectivity index (χ3v) is 2.36. The van der Waals surface area contributed by atoms with Gasteiger partial charge in [-0.2, -0.15) is 0 Å². The Morgan fingerprint density at radius 1 is 1.46 bits per heavy atom. The van der Waals surface area contributed by atoms with Crippen molar-refractivity contribution in [2.45, 2.75) is 27.0 Å². The van der Waals surface area contributed by atoms with Crippen molar-refractivity contribution in [2.75, 3.05) is 26.2 Å². The van der Waals surface area contributed by atoms with Crippen LogP contribution in [0.2, 0.25) is 0 Å². The summed E-state index contributed by atoms with van der Waals surface area (Å²) in [5, 5.41) is 0. The Balaban J connectivity index is 2.49. The summed E-state index contributed by atoms with van der Waals surface area (Å²) in [4.78, 5) is 15.2. The highest BCUT2D eigenvalue weighted by molar-refractivity contribution is 5.76. The average molecular weight is 186 g/mol. The molecule has 0 spiro atoms. The molecule has 76 valence electrons. The lowest BCUT2D eigenvalue weighted by atomic mass is 10.5. The lowest BCUT2D eigenvalue weighted by Crippen LogP contribution is -2.39. The summed E-state index contributed by atoms with van der Waals surface area (Å²) in [5.74, 6) is 0. The van der Waals surface area contributed by atoms with Crippen LogP contribution in [0.25, 0.3) is 0 Å². The predicted octanol–water partition coefficient (Wildman–Crippen LogP) is 1.13. The van der Waals surface area contributed by atoms with Crippen LogP contribution in [0.3, 0.4) is 0 Å². The van der Waals surface area contributed by atoms with Crippen LogP contribution < -0.4 is 0 Å². The molecule has 1 heterocycles. The monoisotopic (exact) mass is 186 g/mol. The number of hydrogen-bond acceptors (Lipinski definition) is 2. The number of likely N-dealkylation sites (N-methyl/N-ethyl adjacent to an activating group) is 1. The van der Waals surface area contributed by atoms with Crippen LogP contribution in [0.4, 0.5) is 4.79 Å². The third kappa shape index (κ3) is 2.12. The highest BCUT2D eigenvalue weighted by atomic mass is 16.5. The second kappa shape index (κ2) is 4.46. The Morgan fingerprint density at radius 3 is 2.62 bits per heavy atom. The first-order chi connectivity index (χ1) is 6.20. The molecule has 13 heavy (non-hydrogen) atoms. The summed E-state index contributed by atoms with van der Waals surface area (Å²) in [6, 6.07) is 0.100. The van der Waals surface area contributed by atoms with Gasteiger partial charge in [0.2, 0.25) is 0 Å². The molecule has 1 aliphatic rings. The minimum atomic E-state index is -0.0888. The number of urea groups is 1. The molecule has 1 atom stereocenters. The molecular formula is C9H18N2O2. The molecule has 1 saturated heterocycles. The summed E-state index contributed by atoms with van der Waals surface area (Å²) < 4.78 is 5.37. The topological polar surface area (TPSA) is 32.8 Å². The van der Waals surface area contributed by atoms with Crippen molar-refractivity contribution in [3.8, 4) is 0 Å². The molecule has 0 N–H and O–H groups in total. The minimum absolute atomic E-state index is 0.0888.